The smallest absolute Gasteiger partial charge is 0.341 e. The van der Waals surface area contributed by atoms with Crippen LogP contribution in [-0.4, -0.2) is 39.3 Å². The van der Waals surface area contributed by atoms with Gasteiger partial charge in [0.05, 0.1) is 24.8 Å². The van der Waals surface area contributed by atoms with Gasteiger partial charge in [0.1, 0.15) is 17.4 Å². The van der Waals surface area contributed by atoms with E-state index in [9.17, 15) is 9.59 Å². The van der Waals surface area contributed by atoms with Gasteiger partial charge in [-0.1, -0.05) is 12.1 Å². The second-order valence-corrected chi connectivity index (χ2v) is 7.30. The van der Waals surface area contributed by atoms with Crippen LogP contribution >= 0.6 is 11.3 Å². The number of amides is 1. The molecule has 1 aromatic carbocycles. The Balaban J connectivity index is 1.86. The fourth-order valence-corrected chi connectivity index (χ4v) is 4.43. The molecule has 6 nitrogen and oxygen atoms in total. The minimum absolute atomic E-state index is 0.313. The molecule has 0 saturated carbocycles. The van der Waals surface area contributed by atoms with E-state index in [1.165, 1.54) is 18.4 Å². The van der Waals surface area contributed by atoms with Gasteiger partial charge in [0.15, 0.2) is 0 Å². The Kier molecular flexibility index (Phi) is 6.47. The molecule has 0 bridgehead atoms. The van der Waals surface area contributed by atoms with Crippen molar-refractivity contribution < 1.29 is 23.8 Å². The standard InChI is InChI=1S/C20H23NO5S/c1-24-11-12-26-15-9-5-3-7-13(15)18(22)21-19-17(20(23)25-2)14-8-4-6-10-16(14)27-19/h3,5,7,9H,4,6,8,10-12H2,1-2H3,(H,21,22). The highest BCUT2D eigenvalue weighted by atomic mass is 32.1. The molecule has 27 heavy (non-hydrogen) atoms. The third-order valence-corrected chi connectivity index (χ3v) is 5.67. The number of para-hydroxylation sites is 1. The van der Waals surface area contributed by atoms with Crippen LogP contribution in [0.4, 0.5) is 5.00 Å². The quantitative estimate of drug-likeness (QED) is 0.577. The van der Waals surface area contributed by atoms with E-state index in [2.05, 4.69) is 5.32 Å². The predicted molar refractivity (Wildman–Crippen MR) is 104 cm³/mol. The number of anilines is 1. The van der Waals surface area contributed by atoms with Crippen LogP contribution in [0, 0.1) is 0 Å². The van der Waals surface area contributed by atoms with E-state index >= 15 is 0 Å². The molecule has 0 fully saturated rings. The second-order valence-electron chi connectivity index (χ2n) is 6.20. The van der Waals surface area contributed by atoms with Crippen molar-refractivity contribution in [2.45, 2.75) is 25.7 Å². The number of ether oxygens (including phenoxy) is 3. The molecule has 1 aliphatic carbocycles. The van der Waals surface area contributed by atoms with Gasteiger partial charge in [-0.15, -0.1) is 11.3 Å². The summed E-state index contributed by atoms with van der Waals surface area (Å²) in [6.07, 6.45) is 3.90. The largest absolute Gasteiger partial charge is 0.490 e. The topological polar surface area (TPSA) is 73.9 Å². The van der Waals surface area contributed by atoms with Crippen molar-refractivity contribution in [3.8, 4) is 5.75 Å². The molecular formula is C20H23NO5S. The lowest BCUT2D eigenvalue weighted by Crippen LogP contribution is -2.16. The molecule has 7 heteroatoms. The number of aryl methyl sites for hydroxylation is 1. The second kappa shape index (κ2) is 9.01. The summed E-state index contributed by atoms with van der Waals surface area (Å²) in [5.41, 5.74) is 1.91. The van der Waals surface area contributed by atoms with Crippen LogP contribution in [0.2, 0.25) is 0 Å². The molecule has 1 heterocycles. The summed E-state index contributed by atoms with van der Waals surface area (Å²) < 4.78 is 15.6. The van der Waals surface area contributed by atoms with Gasteiger partial charge in [0, 0.05) is 12.0 Å². The van der Waals surface area contributed by atoms with Gasteiger partial charge < -0.3 is 19.5 Å². The number of thiophene rings is 1. The van der Waals surface area contributed by atoms with Crippen LogP contribution < -0.4 is 10.1 Å². The summed E-state index contributed by atoms with van der Waals surface area (Å²) in [6.45, 7) is 0.779. The van der Waals surface area contributed by atoms with Gasteiger partial charge in [-0.2, -0.15) is 0 Å². The highest BCUT2D eigenvalue weighted by molar-refractivity contribution is 7.17. The molecule has 3 rings (SSSR count). The lowest BCUT2D eigenvalue weighted by Gasteiger charge is -2.12. The lowest BCUT2D eigenvalue weighted by molar-refractivity contribution is 0.0601. The Morgan fingerprint density at radius 2 is 1.89 bits per heavy atom. The first-order chi connectivity index (χ1) is 13.2. The van der Waals surface area contributed by atoms with Crippen LogP contribution in [-0.2, 0) is 22.3 Å². The van der Waals surface area contributed by atoms with E-state index in [1.54, 1.807) is 25.3 Å². The van der Waals surface area contributed by atoms with E-state index < -0.39 is 5.97 Å². The average molecular weight is 389 g/mol. The number of rotatable bonds is 7. The maximum absolute atomic E-state index is 12.9. The first-order valence-corrected chi connectivity index (χ1v) is 9.72. The first-order valence-electron chi connectivity index (χ1n) is 8.90. The Bertz CT molecular complexity index is 830. The summed E-state index contributed by atoms with van der Waals surface area (Å²) in [6, 6.07) is 7.02. The normalized spacial score (nSPS) is 13.0. The molecule has 2 aromatic rings. The summed E-state index contributed by atoms with van der Waals surface area (Å²) >= 11 is 1.46. The maximum atomic E-state index is 12.9. The Hall–Kier alpha value is -2.38. The molecule has 0 atom stereocenters. The maximum Gasteiger partial charge on any atom is 0.341 e. The van der Waals surface area contributed by atoms with Crippen LogP contribution in [0.3, 0.4) is 0 Å². The molecule has 0 spiro atoms. The monoisotopic (exact) mass is 389 g/mol. The van der Waals surface area contributed by atoms with Crippen molar-refractivity contribution in [1.29, 1.82) is 0 Å². The van der Waals surface area contributed by atoms with E-state index in [4.69, 9.17) is 14.2 Å². The van der Waals surface area contributed by atoms with E-state index in [1.807, 2.05) is 6.07 Å². The van der Waals surface area contributed by atoms with Crippen molar-refractivity contribution in [1.82, 2.24) is 0 Å². The third-order valence-electron chi connectivity index (χ3n) is 4.46. The molecular weight excluding hydrogens is 366 g/mol. The number of benzene rings is 1. The zero-order valence-corrected chi connectivity index (χ0v) is 16.3. The van der Waals surface area contributed by atoms with Gasteiger partial charge in [-0.3, -0.25) is 4.79 Å². The van der Waals surface area contributed by atoms with Gasteiger partial charge in [-0.05, 0) is 43.4 Å². The highest BCUT2D eigenvalue weighted by Crippen LogP contribution is 2.39. The number of esters is 1. The van der Waals surface area contributed by atoms with Crippen LogP contribution in [0.15, 0.2) is 24.3 Å². The fraction of sp³-hybridized carbons (Fsp3) is 0.400. The molecule has 0 unspecified atom stereocenters. The predicted octanol–water partition coefficient (Wildman–Crippen LogP) is 3.69. The fourth-order valence-electron chi connectivity index (χ4n) is 3.16. The summed E-state index contributed by atoms with van der Waals surface area (Å²) in [5, 5.41) is 3.44. The molecule has 1 N–H and O–H groups in total. The third kappa shape index (κ3) is 4.31. The van der Waals surface area contributed by atoms with E-state index in [-0.39, 0.29) is 5.91 Å². The average Bonchev–Trinajstić information content (AvgIpc) is 3.05. The zero-order chi connectivity index (χ0) is 19.2. The van der Waals surface area contributed by atoms with Crippen LogP contribution in [0.5, 0.6) is 5.75 Å². The number of hydrogen-bond donors (Lipinski definition) is 1. The Morgan fingerprint density at radius 3 is 2.67 bits per heavy atom. The molecule has 0 aliphatic heterocycles. The number of carbonyl (C=O) groups is 2. The molecule has 144 valence electrons. The summed E-state index contributed by atoms with van der Waals surface area (Å²) in [7, 11) is 2.95. The minimum Gasteiger partial charge on any atom is -0.490 e. The number of carbonyl (C=O) groups excluding carboxylic acids is 2. The lowest BCUT2D eigenvalue weighted by atomic mass is 9.95. The zero-order valence-electron chi connectivity index (χ0n) is 15.5. The van der Waals surface area contributed by atoms with E-state index in [0.29, 0.717) is 35.1 Å². The number of fused-ring (bicyclic) bond motifs is 1. The molecule has 1 aliphatic rings. The first kappa shape index (κ1) is 19.4. The van der Waals surface area contributed by atoms with Crippen LogP contribution in [0.1, 0.15) is 44.0 Å². The number of nitrogens with one attached hydrogen (secondary N) is 1. The molecule has 0 radical (unpaired) electrons. The van der Waals surface area contributed by atoms with Crippen molar-refractivity contribution in [3.05, 3.63) is 45.8 Å². The van der Waals surface area contributed by atoms with Crippen molar-refractivity contribution in [3.63, 3.8) is 0 Å². The summed E-state index contributed by atoms with van der Waals surface area (Å²) in [5.74, 6) is -0.242. The SMILES string of the molecule is COCCOc1ccccc1C(=O)Nc1sc2c(c1C(=O)OC)CCCC2. The van der Waals surface area contributed by atoms with Gasteiger partial charge in [0.25, 0.3) is 5.91 Å². The Morgan fingerprint density at radius 1 is 1.11 bits per heavy atom. The van der Waals surface area contributed by atoms with Crippen molar-refractivity contribution in [2.24, 2.45) is 0 Å². The van der Waals surface area contributed by atoms with Gasteiger partial charge in [0.2, 0.25) is 0 Å². The van der Waals surface area contributed by atoms with E-state index in [0.717, 1.165) is 36.1 Å². The molecule has 1 aromatic heterocycles. The number of hydrogen-bond acceptors (Lipinski definition) is 6. The highest BCUT2D eigenvalue weighted by Gasteiger charge is 2.27. The summed E-state index contributed by atoms with van der Waals surface area (Å²) in [4.78, 5) is 26.4. The minimum atomic E-state index is -0.408. The van der Waals surface area contributed by atoms with Crippen LogP contribution in [0.25, 0.3) is 0 Å². The Labute approximate surface area is 162 Å². The number of methoxy groups -OCH3 is 2. The van der Waals surface area contributed by atoms with Crippen molar-refractivity contribution in [2.75, 3.05) is 32.8 Å². The van der Waals surface area contributed by atoms with Gasteiger partial charge >= 0.3 is 5.97 Å². The van der Waals surface area contributed by atoms with Gasteiger partial charge in [-0.25, -0.2) is 4.79 Å². The molecule has 0 saturated heterocycles. The molecule has 1 amide bonds. The van der Waals surface area contributed by atoms with Crippen molar-refractivity contribution >= 4 is 28.2 Å².